The van der Waals surface area contributed by atoms with Gasteiger partial charge >= 0.3 is 5.97 Å². The van der Waals surface area contributed by atoms with Gasteiger partial charge in [-0.1, -0.05) is 18.1 Å². The zero-order chi connectivity index (χ0) is 11.8. The van der Waals surface area contributed by atoms with Crippen LogP contribution in [-0.2, 0) is 14.3 Å². The first kappa shape index (κ1) is 12.1. The van der Waals surface area contributed by atoms with Crippen LogP contribution in [0, 0.1) is 11.8 Å². The molecule has 0 spiro atoms. The summed E-state index contributed by atoms with van der Waals surface area (Å²) in [6.07, 6.45) is 0. The zero-order valence-electron chi connectivity index (χ0n) is 9.15. The first-order valence-corrected chi connectivity index (χ1v) is 4.58. The van der Waals surface area contributed by atoms with E-state index in [1.807, 2.05) is 6.07 Å². The quantitative estimate of drug-likeness (QED) is 0.436. The minimum absolute atomic E-state index is 0.136. The standard InChI is InChI=1S/C12H12O4/c1-14-9-16-11-6-4-3-5-10(11)7-8-12(13)15-2/h3-6H,9H2,1-2H3. The molecule has 0 fully saturated rings. The van der Waals surface area contributed by atoms with Crippen LogP contribution in [0.15, 0.2) is 24.3 Å². The third-order valence-electron chi connectivity index (χ3n) is 1.70. The smallest absolute Gasteiger partial charge is 0.384 e. The van der Waals surface area contributed by atoms with Crippen molar-refractivity contribution < 1.29 is 19.0 Å². The van der Waals surface area contributed by atoms with Crippen LogP contribution in [0.2, 0.25) is 0 Å². The first-order valence-electron chi connectivity index (χ1n) is 4.58. The molecule has 1 aromatic carbocycles. The van der Waals surface area contributed by atoms with Gasteiger partial charge in [0.05, 0.1) is 12.7 Å². The van der Waals surface area contributed by atoms with E-state index in [4.69, 9.17) is 9.47 Å². The van der Waals surface area contributed by atoms with Crippen molar-refractivity contribution in [3.63, 3.8) is 0 Å². The number of hydrogen-bond acceptors (Lipinski definition) is 4. The summed E-state index contributed by atoms with van der Waals surface area (Å²) in [4.78, 5) is 10.8. The Bertz CT molecular complexity index is 415. The van der Waals surface area contributed by atoms with E-state index in [2.05, 4.69) is 16.6 Å². The summed E-state index contributed by atoms with van der Waals surface area (Å²) in [5.74, 6) is 4.99. The Hall–Kier alpha value is -1.99. The number of carbonyl (C=O) groups is 1. The second-order valence-electron chi connectivity index (χ2n) is 2.79. The summed E-state index contributed by atoms with van der Waals surface area (Å²) in [6.45, 7) is 0.136. The van der Waals surface area contributed by atoms with Crippen LogP contribution in [0.4, 0.5) is 0 Å². The van der Waals surface area contributed by atoms with Gasteiger partial charge in [-0.25, -0.2) is 4.79 Å². The third kappa shape index (κ3) is 3.64. The lowest BCUT2D eigenvalue weighted by Gasteiger charge is -2.05. The van der Waals surface area contributed by atoms with Gasteiger partial charge in [-0.3, -0.25) is 0 Å². The first-order chi connectivity index (χ1) is 7.77. The Morgan fingerprint density at radius 3 is 2.75 bits per heavy atom. The monoisotopic (exact) mass is 220 g/mol. The Morgan fingerprint density at radius 2 is 2.06 bits per heavy atom. The Morgan fingerprint density at radius 1 is 1.31 bits per heavy atom. The molecule has 84 valence electrons. The van der Waals surface area contributed by atoms with E-state index in [0.717, 1.165) is 0 Å². The molecule has 0 N–H and O–H groups in total. The topological polar surface area (TPSA) is 44.8 Å². The molecule has 0 aliphatic carbocycles. The van der Waals surface area contributed by atoms with Gasteiger partial charge in [0.15, 0.2) is 6.79 Å². The van der Waals surface area contributed by atoms with Crippen molar-refractivity contribution in [1.29, 1.82) is 0 Å². The molecule has 0 aliphatic heterocycles. The molecule has 0 aromatic heterocycles. The average Bonchev–Trinajstić information content (AvgIpc) is 2.34. The number of ether oxygens (including phenoxy) is 3. The molecule has 1 rings (SSSR count). The Labute approximate surface area is 94.1 Å². The van der Waals surface area contributed by atoms with E-state index in [9.17, 15) is 4.79 Å². The van der Waals surface area contributed by atoms with Crippen molar-refractivity contribution in [2.45, 2.75) is 0 Å². The molecule has 4 nitrogen and oxygen atoms in total. The molecular weight excluding hydrogens is 208 g/mol. The number of esters is 1. The lowest BCUT2D eigenvalue weighted by molar-refractivity contribution is -0.133. The van der Waals surface area contributed by atoms with Crippen LogP contribution >= 0.6 is 0 Å². The summed E-state index contributed by atoms with van der Waals surface area (Å²) < 4.78 is 14.5. The molecule has 0 heterocycles. The predicted octanol–water partition coefficient (Wildman–Crippen LogP) is 1.19. The number of rotatable bonds is 3. The number of benzene rings is 1. The Balaban J connectivity index is 2.84. The van der Waals surface area contributed by atoms with Gasteiger partial charge in [0.2, 0.25) is 0 Å². The zero-order valence-corrected chi connectivity index (χ0v) is 9.15. The van der Waals surface area contributed by atoms with Crippen molar-refractivity contribution in [2.75, 3.05) is 21.0 Å². The molecule has 0 bridgehead atoms. The summed E-state index contributed by atoms with van der Waals surface area (Å²) >= 11 is 0. The maximum atomic E-state index is 10.8. The molecule has 0 atom stereocenters. The molecule has 0 amide bonds. The van der Waals surface area contributed by atoms with E-state index in [1.165, 1.54) is 14.2 Å². The van der Waals surface area contributed by atoms with Crippen molar-refractivity contribution in [3.8, 4) is 17.6 Å². The van der Waals surface area contributed by atoms with Crippen LogP contribution in [0.5, 0.6) is 5.75 Å². The number of carbonyl (C=O) groups excluding carboxylic acids is 1. The van der Waals surface area contributed by atoms with Gasteiger partial charge in [-0.15, -0.1) is 0 Å². The molecular formula is C12H12O4. The second kappa shape index (κ2) is 6.49. The summed E-state index contributed by atoms with van der Waals surface area (Å²) in [5.41, 5.74) is 0.616. The van der Waals surface area contributed by atoms with Gasteiger partial charge in [-0.2, -0.15) is 0 Å². The van der Waals surface area contributed by atoms with E-state index < -0.39 is 5.97 Å². The Kier molecular flexibility index (Phi) is 4.90. The largest absolute Gasteiger partial charge is 0.466 e. The number of para-hydroxylation sites is 1. The minimum Gasteiger partial charge on any atom is -0.466 e. The predicted molar refractivity (Wildman–Crippen MR) is 57.8 cm³/mol. The number of methoxy groups -OCH3 is 2. The lowest BCUT2D eigenvalue weighted by atomic mass is 10.2. The highest BCUT2D eigenvalue weighted by Crippen LogP contribution is 2.16. The van der Waals surface area contributed by atoms with Crippen LogP contribution in [0.25, 0.3) is 0 Å². The van der Waals surface area contributed by atoms with Crippen LogP contribution in [0.1, 0.15) is 5.56 Å². The van der Waals surface area contributed by atoms with E-state index >= 15 is 0 Å². The van der Waals surface area contributed by atoms with Gasteiger partial charge in [0.25, 0.3) is 0 Å². The van der Waals surface area contributed by atoms with Gasteiger partial charge < -0.3 is 14.2 Å². The fourth-order valence-corrected chi connectivity index (χ4v) is 0.988. The molecule has 0 aliphatic rings. The highest BCUT2D eigenvalue weighted by molar-refractivity contribution is 5.89. The van der Waals surface area contributed by atoms with Crippen molar-refractivity contribution in [2.24, 2.45) is 0 Å². The fraction of sp³-hybridized carbons (Fsp3) is 0.250. The van der Waals surface area contributed by atoms with Crippen molar-refractivity contribution in [1.82, 2.24) is 0 Å². The minimum atomic E-state index is -0.582. The lowest BCUT2D eigenvalue weighted by Crippen LogP contribution is -2.00. The molecule has 0 unspecified atom stereocenters. The molecule has 0 saturated heterocycles. The van der Waals surface area contributed by atoms with Crippen LogP contribution in [0.3, 0.4) is 0 Å². The fourth-order valence-electron chi connectivity index (χ4n) is 0.988. The van der Waals surface area contributed by atoms with Crippen LogP contribution in [-0.4, -0.2) is 27.0 Å². The van der Waals surface area contributed by atoms with Gasteiger partial charge in [0.1, 0.15) is 5.75 Å². The van der Waals surface area contributed by atoms with Gasteiger partial charge in [0, 0.05) is 13.0 Å². The molecule has 1 aromatic rings. The normalized spacial score (nSPS) is 8.88. The molecule has 0 saturated carbocycles. The second-order valence-corrected chi connectivity index (χ2v) is 2.79. The van der Waals surface area contributed by atoms with Crippen molar-refractivity contribution in [3.05, 3.63) is 29.8 Å². The highest BCUT2D eigenvalue weighted by Gasteiger charge is 1.99. The van der Waals surface area contributed by atoms with E-state index in [-0.39, 0.29) is 6.79 Å². The van der Waals surface area contributed by atoms with Crippen molar-refractivity contribution >= 4 is 5.97 Å². The molecule has 0 radical (unpaired) electrons. The van der Waals surface area contributed by atoms with E-state index in [1.54, 1.807) is 18.2 Å². The number of hydrogen-bond donors (Lipinski definition) is 0. The molecule has 4 heteroatoms. The summed E-state index contributed by atoms with van der Waals surface area (Å²) in [6, 6.07) is 7.12. The summed E-state index contributed by atoms with van der Waals surface area (Å²) in [5, 5.41) is 0. The van der Waals surface area contributed by atoms with Gasteiger partial charge in [-0.05, 0) is 12.1 Å². The third-order valence-corrected chi connectivity index (χ3v) is 1.70. The maximum absolute atomic E-state index is 10.8. The average molecular weight is 220 g/mol. The molecule has 16 heavy (non-hydrogen) atoms. The highest BCUT2D eigenvalue weighted by atomic mass is 16.7. The summed E-state index contributed by atoms with van der Waals surface area (Å²) in [7, 11) is 2.81. The van der Waals surface area contributed by atoms with Crippen LogP contribution < -0.4 is 4.74 Å². The van der Waals surface area contributed by atoms with E-state index in [0.29, 0.717) is 11.3 Å². The maximum Gasteiger partial charge on any atom is 0.384 e. The SMILES string of the molecule is COCOc1ccccc1C#CC(=O)OC.